The van der Waals surface area contributed by atoms with E-state index in [9.17, 15) is 4.79 Å². The van der Waals surface area contributed by atoms with E-state index in [-0.39, 0.29) is 5.97 Å². The highest BCUT2D eigenvalue weighted by Crippen LogP contribution is 2.05. The van der Waals surface area contributed by atoms with Gasteiger partial charge in [0.25, 0.3) is 0 Å². The standard InChI is InChI=1S/C17H27N3O2/c1-4-5-6-7-12-19-17(18-2)20-13-14-8-10-15(11-9-14)16(21)22-3/h8-11H,4-7,12-13H2,1-3H3,(H2,18,19,20). The number of guanidine groups is 1. The minimum absolute atomic E-state index is 0.316. The molecule has 0 aliphatic carbocycles. The van der Waals surface area contributed by atoms with Crippen LogP contribution in [0.2, 0.25) is 0 Å². The van der Waals surface area contributed by atoms with Crippen LogP contribution in [0.15, 0.2) is 29.3 Å². The summed E-state index contributed by atoms with van der Waals surface area (Å²) in [4.78, 5) is 15.6. The molecule has 0 unspecified atom stereocenters. The maximum Gasteiger partial charge on any atom is 0.337 e. The van der Waals surface area contributed by atoms with Crippen LogP contribution >= 0.6 is 0 Å². The van der Waals surface area contributed by atoms with Gasteiger partial charge in [-0.25, -0.2) is 4.79 Å². The first-order chi connectivity index (χ1) is 10.7. The SMILES string of the molecule is CCCCCCNC(=NC)NCc1ccc(C(=O)OC)cc1. The lowest BCUT2D eigenvalue weighted by molar-refractivity contribution is 0.0600. The number of unbranched alkanes of at least 4 members (excludes halogenated alkanes) is 3. The number of hydrogen-bond donors (Lipinski definition) is 2. The minimum Gasteiger partial charge on any atom is -0.465 e. The van der Waals surface area contributed by atoms with Crippen LogP contribution < -0.4 is 10.6 Å². The van der Waals surface area contributed by atoms with E-state index in [1.54, 1.807) is 19.2 Å². The van der Waals surface area contributed by atoms with Gasteiger partial charge in [-0.2, -0.15) is 0 Å². The van der Waals surface area contributed by atoms with Crippen molar-refractivity contribution in [1.82, 2.24) is 10.6 Å². The smallest absolute Gasteiger partial charge is 0.337 e. The largest absolute Gasteiger partial charge is 0.465 e. The highest BCUT2D eigenvalue weighted by molar-refractivity contribution is 5.89. The zero-order valence-corrected chi connectivity index (χ0v) is 13.8. The maximum atomic E-state index is 11.4. The van der Waals surface area contributed by atoms with Gasteiger partial charge in [-0.05, 0) is 24.1 Å². The predicted molar refractivity (Wildman–Crippen MR) is 90.1 cm³/mol. The average Bonchev–Trinajstić information content (AvgIpc) is 2.57. The number of carbonyl (C=O) groups is 1. The number of nitrogens with zero attached hydrogens (tertiary/aromatic N) is 1. The third kappa shape index (κ3) is 6.61. The lowest BCUT2D eigenvalue weighted by Crippen LogP contribution is -2.37. The van der Waals surface area contributed by atoms with Crippen molar-refractivity contribution in [1.29, 1.82) is 0 Å². The lowest BCUT2D eigenvalue weighted by Gasteiger charge is -2.12. The number of carbonyl (C=O) groups excluding carboxylic acids is 1. The average molecular weight is 305 g/mol. The molecular weight excluding hydrogens is 278 g/mol. The first kappa shape index (κ1) is 18.0. The molecule has 0 aromatic heterocycles. The van der Waals surface area contributed by atoms with Gasteiger partial charge >= 0.3 is 5.97 Å². The van der Waals surface area contributed by atoms with Gasteiger partial charge in [0, 0.05) is 20.1 Å². The van der Waals surface area contributed by atoms with Crippen molar-refractivity contribution >= 4 is 11.9 Å². The summed E-state index contributed by atoms with van der Waals surface area (Å²) < 4.78 is 4.68. The van der Waals surface area contributed by atoms with Crippen LogP contribution in [0.1, 0.15) is 48.5 Å². The van der Waals surface area contributed by atoms with Crippen LogP contribution in [0.4, 0.5) is 0 Å². The van der Waals surface area contributed by atoms with Gasteiger partial charge < -0.3 is 15.4 Å². The first-order valence-corrected chi connectivity index (χ1v) is 7.83. The van der Waals surface area contributed by atoms with Gasteiger partial charge in [0.1, 0.15) is 0 Å². The van der Waals surface area contributed by atoms with E-state index >= 15 is 0 Å². The van der Waals surface area contributed by atoms with Gasteiger partial charge in [-0.15, -0.1) is 0 Å². The maximum absolute atomic E-state index is 11.4. The molecule has 22 heavy (non-hydrogen) atoms. The summed E-state index contributed by atoms with van der Waals surface area (Å²) in [6.07, 6.45) is 4.92. The fourth-order valence-electron chi connectivity index (χ4n) is 2.04. The Kier molecular flexibility index (Phi) is 8.72. The zero-order valence-electron chi connectivity index (χ0n) is 13.8. The Labute approximate surface area is 133 Å². The third-order valence-electron chi connectivity index (χ3n) is 3.38. The van der Waals surface area contributed by atoms with Crippen molar-refractivity contribution in [3.05, 3.63) is 35.4 Å². The molecule has 0 radical (unpaired) electrons. The summed E-state index contributed by atoms with van der Waals surface area (Å²) in [5.41, 5.74) is 1.64. The molecule has 0 saturated carbocycles. The first-order valence-electron chi connectivity index (χ1n) is 7.83. The van der Waals surface area contributed by atoms with E-state index in [0.29, 0.717) is 12.1 Å². The second-order valence-corrected chi connectivity index (χ2v) is 5.10. The molecule has 0 aliphatic heterocycles. The monoisotopic (exact) mass is 305 g/mol. The van der Waals surface area contributed by atoms with Crippen molar-refractivity contribution in [2.75, 3.05) is 20.7 Å². The summed E-state index contributed by atoms with van der Waals surface area (Å²) in [6, 6.07) is 7.36. The molecule has 0 spiro atoms. The molecular formula is C17H27N3O2. The Morgan fingerprint density at radius 3 is 2.45 bits per heavy atom. The van der Waals surface area contributed by atoms with Crippen molar-refractivity contribution in [2.45, 2.75) is 39.2 Å². The normalized spacial score (nSPS) is 11.1. The molecule has 0 heterocycles. The van der Waals surface area contributed by atoms with Gasteiger partial charge in [-0.3, -0.25) is 4.99 Å². The highest BCUT2D eigenvalue weighted by Gasteiger charge is 2.04. The molecule has 0 bridgehead atoms. The molecule has 5 heteroatoms. The number of hydrogen-bond acceptors (Lipinski definition) is 3. The third-order valence-corrected chi connectivity index (χ3v) is 3.38. The molecule has 0 aliphatic rings. The Balaban J connectivity index is 2.35. The van der Waals surface area contributed by atoms with E-state index in [1.807, 2.05) is 12.1 Å². The van der Waals surface area contributed by atoms with Crippen LogP contribution in [-0.2, 0) is 11.3 Å². The number of rotatable bonds is 8. The molecule has 0 fully saturated rings. The second kappa shape index (κ2) is 10.7. The number of benzene rings is 1. The van der Waals surface area contributed by atoms with Gasteiger partial charge in [0.2, 0.25) is 0 Å². The van der Waals surface area contributed by atoms with Crippen molar-refractivity contribution in [2.24, 2.45) is 4.99 Å². The molecule has 1 aromatic carbocycles. The molecule has 0 atom stereocenters. The van der Waals surface area contributed by atoms with Gasteiger partial charge in [0.05, 0.1) is 12.7 Å². The molecule has 122 valence electrons. The van der Waals surface area contributed by atoms with E-state index in [4.69, 9.17) is 0 Å². The number of nitrogens with one attached hydrogen (secondary N) is 2. The Hall–Kier alpha value is -2.04. The predicted octanol–water partition coefficient (Wildman–Crippen LogP) is 2.72. The number of aliphatic imine (C=N–C) groups is 1. The lowest BCUT2D eigenvalue weighted by atomic mass is 10.1. The summed E-state index contributed by atoms with van der Waals surface area (Å²) in [5, 5.41) is 6.56. The fraction of sp³-hybridized carbons (Fsp3) is 0.529. The molecule has 1 rings (SSSR count). The van der Waals surface area contributed by atoms with Gasteiger partial charge in [0.15, 0.2) is 5.96 Å². The van der Waals surface area contributed by atoms with E-state index in [0.717, 1.165) is 24.5 Å². The summed E-state index contributed by atoms with van der Waals surface area (Å²) >= 11 is 0. The fourth-order valence-corrected chi connectivity index (χ4v) is 2.04. The van der Waals surface area contributed by atoms with Crippen molar-refractivity contribution in [3.63, 3.8) is 0 Å². The zero-order chi connectivity index (χ0) is 16.2. The van der Waals surface area contributed by atoms with Crippen LogP contribution in [0.3, 0.4) is 0 Å². The van der Waals surface area contributed by atoms with Crippen LogP contribution in [-0.4, -0.2) is 32.6 Å². The number of ether oxygens (including phenoxy) is 1. The minimum atomic E-state index is -0.316. The topological polar surface area (TPSA) is 62.7 Å². The van der Waals surface area contributed by atoms with E-state index in [2.05, 4.69) is 27.3 Å². The molecule has 1 aromatic rings. The molecule has 0 amide bonds. The number of esters is 1. The summed E-state index contributed by atoms with van der Waals surface area (Å²) in [7, 11) is 3.15. The quantitative estimate of drug-likeness (QED) is 0.335. The Morgan fingerprint density at radius 2 is 1.86 bits per heavy atom. The van der Waals surface area contributed by atoms with Crippen molar-refractivity contribution < 1.29 is 9.53 Å². The van der Waals surface area contributed by atoms with Crippen LogP contribution in [0.5, 0.6) is 0 Å². The van der Waals surface area contributed by atoms with Gasteiger partial charge in [-0.1, -0.05) is 38.3 Å². The van der Waals surface area contributed by atoms with Crippen molar-refractivity contribution in [3.8, 4) is 0 Å². The van der Waals surface area contributed by atoms with E-state index < -0.39 is 0 Å². The van der Waals surface area contributed by atoms with E-state index in [1.165, 1.54) is 26.4 Å². The highest BCUT2D eigenvalue weighted by atomic mass is 16.5. The van der Waals surface area contributed by atoms with Crippen LogP contribution in [0.25, 0.3) is 0 Å². The Bertz CT molecular complexity index is 469. The number of methoxy groups -OCH3 is 1. The molecule has 0 saturated heterocycles. The molecule has 5 nitrogen and oxygen atoms in total. The Morgan fingerprint density at radius 1 is 1.14 bits per heavy atom. The summed E-state index contributed by atoms with van der Waals surface area (Å²) in [5.74, 6) is 0.484. The van der Waals surface area contributed by atoms with Crippen LogP contribution in [0, 0.1) is 0 Å². The second-order valence-electron chi connectivity index (χ2n) is 5.10. The molecule has 2 N–H and O–H groups in total. The summed E-state index contributed by atoms with van der Waals surface area (Å²) in [6.45, 7) is 3.80.